The summed E-state index contributed by atoms with van der Waals surface area (Å²) < 4.78 is 28.6. The summed E-state index contributed by atoms with van der Waals surface area (Å²) in [5, 5.41) is 9.38. The topological polar surface area (TPSA) is 80.7 Å². The molecule has 0 radical (unpaired) electrons. The third-order valence-electron chi connectivity index (χ3n) is 3.67. The smallest absolute Gasteiger partial charge is 0.325 e. The van der Waals surface area contributed by atoms with E-state index in [-0.39, 0.29) is 17.7 Å². The van der Waals surface area contributed by atoms with Crippen molar-refractivity contribution in [3.8, 4) is 5.75 Å². The SMILES string of the molecule is COc1cccc(S(=O)(=O)C2(C(=O)O)CCCC2)c1. The Morgan fingerprint density at radius 1 is 1.32 bits per heavy atom. The van der Waals surface area contributed by atoms with Crippen LogP contribution in [0.3, 0.4) is 0 Å². The van der Waals surface area contributed by atoms with Crippen LogP contribution in [0.5, 0.6) is 5.75 Å². The minimum absolute atomic E-state index is 0.0103. The summed E-state index contributed by atoms with van der Waals surface area (Å²) in [7, 11) is -2.47. The molecule has 1 fully saturated rings. The second kappa shape index (κ2) is 4.85. The molecule has 1 aromatic rings. The fourth-order valence-corrected chi connectivity index (χ4v) is 4.57. The van der Waals surface area contributed by atoms with Crippen LogP contribution >= 0.6 is 0 Å². The third-order valence-corrected chi connectivity index (χ3v) is 6.15. The van der Waals surface area contributed by atoms with Gasteiger partial charge in [0.1, 0.15) is 5.75 Å². The van der Waals surface area contributed by atoms with E-state index in [4.69, 9.17) is 4.74 Å². The molecule has 0 aromatic heterocycles. The maximum Gasteiger partial charge on any atom is 0.325 e. The van der Waals surface area contributed by atoms with E-state index in [1.165, 1.54) is 19.2 Å². The first-order valence-electron chi connectivity index (χ1n) is 6.06. The Hall–Kier alpha value is -1.56. The van der Waals surface area contributed by atoms with E-state index >= 15 is 0 Å². The molecule has 0 aliphatic heterocycles. The van der Waals surface area contributed by atoms with Crippen LogP contribution in [0.15, 0.2) is 29.2 Å². The number of hydrogen-bond acceptors (Lipinski definition) is 4. The van der Waals surface area contributed by atoms with Crippen molar-refractivity contribution < 1.29 is 23.1 Å². The number of carbonyl (C=O) groups is 1. The lowest BCUT2D eigenvalue weighted by atomic mass is 10.1. The third kappa shape index (κ3) is 2.10. The summed E-state index contributed by atoms with van der Waals surface area (Å²) in [6, 6.07) is 5.97. The number of carboxylic acid groups (broad SMARTS) is 1. The molecule has 104 valence electrons. The highest BCUT2D eigenvalue weighted by atomic mass is 32.2. The summed E-state index contributed by atoms with van der Waals surface area (Å²) in [6.45, 7) is 0. The van der Waals surface area contributed by atoms with Crippen LogP contribution < -0.4 is 4.74 Å². The molecule has 2 rings (SSSR count). The van der Waals surface area contributed by atoms with Crippen molar-refractivity contribution in [1.29, 1.82) is 0 Å². The second-order valence-electron chi connectivity index (χ2n) is 4.69. The minimum Gasteiger partial charge on any atom is -0.497 e. The predicted octanol–water partition coefficient (Wildman–Crippen LogP) is 1.87. The minimum atomic E-state index is -3.91. The summed E-state index contributed by atoms with van der Waals surface area (Å²) in [5.41, 5.74) is 0. The number of rotatable bonds is 4. The molecule has 0 bridgehead atoms. The largest absolute Gasteiger partial charge is 0.497 e. The molecule has 19 heavy (non-hydrogen) atoms. The molecule has 1 N–H and O–H groups in total. The fourth-order valence-electron chi connectivity index (χ4n) is 2.54. The van der Waals surface area contributed by atoms with E-state index in [9.17, 15) is 18.3 Å². The number of hydrogen-bond donors (Lipinski definition) is 1. The number of carboxylic acids is 1. The molecule has 0 heterocycles. The maximum absolute atomic E-state index is 12.6. The summed E-state index contributed by atoms with van der Waals surface area (Å²) in [4.78, 5) is 11.5. The van der Waals surface area contributed by atoms with Gasteiger partial charge in [-0.15, -0.1) is 0 Å². The van der Waals surface area contributed by atoms with Crippen molar-refractivity contribution in [3.05, 3.63) is 24.3 Å². The quantitative estimate of drug-likeness (QED) is 0.912. The maximum atomic E-state index is 12.6. The van der Waals surface area contributed by atoms with Crippen molar-refractivity contribution in [1.82, 2.24) is 0 Å². The van der Waals surface area contributed by atoms with E-state index in [0.717, 1.165) is 0 Å². The average molecular weight is 284 g/mol. The summed E-state index contributed by atoms with van der Waals surface area (Å²) in [6.07, 6.45) is 1.58. The lowest BCUT2D eigenvalue weighted by Gasteiger charge is -2.24. The number of benzene rings is 1. The van der Waals surface area contributed by atoms with Crippen LogP contribution in [-0.4, -0.2) is 31.4 Å². The summed E-state index contributed by atoms with van der Waals surface area (Å²) >= 11 is 0. The van der Waals surface area contributed by atoms with Crippen LogP contribution in [0.25, 0.3) is 0 Å². The van der Waals surface area contributed by atoms with Gasteiger partial charge in [0.25, 0.3) is 0 Å². The van der Waals surface area contributed by atoms with Crippen molar-refractivity contribution >= 4 is 15.8 Å². The highest BCUT2D eigenvalue weighted by molar-refractivity contribution is 7.93. The van der Waals surface area contributed by atoms with E-state index < -0.39 is 20.6 Å². The van der Waals surface area contributed by atoms with E-state index in [0.29, 0.717) is 18.6 Å². The number of methoxy groups -OCH3 is 1. The zero-order valence-electron chi connectivity index (χ0n) is 10.6. The molecule has 0 amide bonds. The molecule has 1 aromatic carbocycles. The normalized spacial score (nSPS) is 18.2. The van der Waals surface area contributed by atoms with Crippen molar-refractivity contribution in [3.63, 3.8) is 0 Å². The van der Waals surface area contributed by atoms with Gasteiger partial charge in [-0.2, -0.15) is 0 Å². The molecule has 1 aliphatic carbocycles. The Morgan fingerprint density at radius 3 is 2.47 bits per heavy atom. The molecular weight excluding hydrogens is 268 g/mol. The molecule has 0 atom stereocenters. The van der Waals surface area contributed by atoms with Crippen LogP contribution in [0.4, 0.5) is 0 Å². The van der Waals surface area contributed by atoms with Crippen LogP contribution in [0.1, 0.15) is 25.7 Å². The van der Waals surface area contributed by atoms with Crippen LogP contribution in [0, 0.1) is 0 Å². The Labute approximate surface area is 112 Å². The molecular formula is C13H16O5S. The molecule has 5 nitrogen and oxygen atoms in total. The van der Waals surface area contributed by atoms with Crippen molar-refractivity contribution in [2.45, 2.75) is 35.3 Å². The van der Waals surface area contributed by atoms with E-state index in [1.807, 2.05) is 0 Å². The van der Waals surface area contributed by atoms with Crippen molar-refractivity contribution in [2.75, 3.05) is 7.11 Å². The van der Waals surface area contributed by atoms with E-state index in [2.05, 4.69) is 0 Å². The molecule has 0 unspecified atom stereocenters. The highest BCUT2D eigenvalue weighted by Crippen LogP contribution is 2.41. The number of ether oxygens (including phenoxy) is 1. The molecule has 1 saturated carbocycles. The monoisotopic (exact) mass is 284 g/mol. The zero-order valence-corrected chi connectivity index (χ0v) is 11.4. The molecule has 1 aliphatic rings. The van der Waals surface area contributed by atoms with Gasteiger partial charge in [-0.1, -0.05) is 18.9 Å². The van der Waals surface area contributed by atoms with Gasteiger partial charge in [0.15, 0.2) is 14.6 Å². The molecule has 0 spiro atoms. The van der Waals surface area contributed by atoms with Crippen molar-refractivity contribution in [2.24, 2.45) is 0 Å². The zero-order chi connectivity index (χ0) is 14.1. The average Bonchev–Trinajstić information content (AvgIpc) is 2.90. The van der Waals surface area contributed by atoms with Gasteiger partial charge in [-0.3, -0.25) is 4.79 Å². The first-order chi connectivity index (χ1) is 8.94. The fraction of sp³-hybridized carbons (Fsp3) is 0.462. The van der Waals surface area contributed by atoms with Gasteiger partial charge < -0.3 is 9.84 Å². The van der Waals surface area contributed by atoms with E-state index in [1.54, 1.807) is 12.1 Å². The lowest BCUT2D eigenvalue weighted by molar-refractivity contribution is -0.139. The van der Waals surface area contributed by atoms with Gasteiger partial charge in [-0.05, 0) is 31.0 Å². The first kappa shape index (κ1) is 13.9. The number of sulfone groups is 1. The second-order valence-corrected chi connectivity index (χ2v) is 6.95. The lowest BCUT2D eigenvalue weighted by Crippen LogP contribution is -2.43. The molecule has 0 saturated heterocycles. The highest BCUT2D eigenvalue weighted by Gasteiger charge is 2.53. The Balaban J connectivity index is 2.54. The molecule has 6 heteroatoms. The predicted molar refractivity (Wildman–Crippen MR) is 69.0 cm³/mol. The standard InChI is InChI=1S/C13H16O5S/c1-18-10-5-4-6-11(9-10)19(16,17)13(12(14)15)7-2-3-8-13/h4-6,9H,2-3,7-8H2,1H3,(H,14,15). The van der Waals surface area contributed by atoms with Gasteiger partial charge in [0.2, 0.25) is 0 Å². The number of aliphatic carboxylic acids is 1. The Kier molecular flexibility index (Phi) is 3.54. The van der Waals surface area contributed by atoms with Gasteiger partial charge in [0.05, 0.1) is 12.0 Å². The van der Waals surface area contributed by atoms with Crippen LogP contribution in [0.2, 0.25) is 0 Å². The first-order valence-corrected chi connectivity index (χ1v) is 7.54. The summed E-state index contributed by atoms with van der Waals surface area (Å²) in [5.74, 6) is -0.854. The van der Waals surface area contributed by atoms with Gasteiger partial charge in [-0.25, -0.2) is 8.42 Å². The Morgan fingerprint density at radius 2 is 1.95 bits per heavy atom. The van der Waals surface area contributed by atoms with Gasteiger partial charge >= 0.3 is 5.97 Å². The Bertz CT molecular complexity index is 585. The van der Waals surface area contributed by atoms with Crippen LogP contribution in [-0.2, 0) is 14.6 Å². The van der Waals surface area contributed by atoms with Gasteiger partial charge in [0, 0.05) is 0 Å².